The normalized spacial score (nSPS) is 13.5. The van der Waals surface area contributed by atoms with Crippen LogP contribution in [-0.4, -0.2) is 18.4 Å². The molecule has 0 bridgehead atoms. The molecule has 0 saturated carbocycles. The molecule has 26 heavy (non-hydrogen) atoms. The third kappa shape index (κ3) is 2.24. The van der Waals surface area contributed by atoms with Gasteiger partial charge < -0.3 is 9.97 Å². The number of anilines is 1. The summed E-state index contributed by atoms with van der Waals surface area (Å²) in [4.78, 5) is 16.7. The van der Waals surface area contributed by atoms with E-state index in [9.17, 15) is 13.2 Å². The summed E-state index contributed by atoms with van der Waals surface area (Å²) >= 11 is 0. The molecular formula is C19H15N3O3S. The van der Waals surface area contributed by atoms with Crippen molar-refractivity contribution in [3.05, 3.63) is 70.1 Å². The number of nitrogens with one attached hydrogen (secondary N) is 3. The average molecular weight is 365 g/mol. The van der Waals surface area contributed by atoms with Gasteiger partial charge in [-0.05, 0) is 53.6 Å². The minimum absolute atomic E-state index is 0.100. The number of hydrogen-bond donors (Lipinski definition) is 3. The van der Waals surface area contributed by atoms with Gasteiger partial charge in [0, 0.05) is 5.39 Å². The van der Waals surface area contributed by atoms with E-state index in [-0.39, 0.29) is 10.6 Å². The summed E-state index contributed by atoms with van der Waals surface area (Å²) in [6.45, 7) is 0. The standard InChI is InChI=1S/C19H15N3O3S/c23-19-20-16-9-7-13(10-17(16)21-19)26(24,25)22-15-8-6-12-5-4-11-2-1-3-14(15)18(11)12/h1-3,6-10,22H,4-5H2,(H2,20,21,23). The summed E-state index contributed by atoms with van der Waals surface area (Å²) in [5.74, 6) is 0. The molecular weight excluding hydrogens is 350 g/mol. The van der Waals surface area contributed by atoms with E-state index in [0.29, 0.717) is 16.7 Å². The van der Waals surface area contributed by atoms with Gasteiger partial charge in [0.05, 0.1) is 21.6 Å². The van der Waals surface area contributed by atoms with Gasteiger partial charge in [0.25, 0.3) is 10.0 Å². The highest BCUT2D eigenvalue weighted by Gasteiger charge is 2.20. The molecule has 0 spiro atoms. The number of imidazole rings is 1. The molecule has 4 aromatic rings. The first-order chi connectivity index (χ1) is 12.5. The SMILES string of the molecule is O=c1[nH]c2ccc(S(=O)(=O)Nc3ccc4c5c(cccc35)CC4)cc2[nH]1. The molecule has 1 aliphatic carbocycles. The number of H-pyrrole nitrogens is 2. The van der Waals surface area contributed by atoms with Gasteiger partial charge in [-0.2, -0.15) is 0 Å². The van der Waals surface area contributed by atoms with Crippen LogP contribution in [0.3, 0.4) is 0 Å². The fraction of sp³-hybridized carbons (Fsp3) is 0.105. The maximum Gasteiger partial charge on any atom is 0.323 e. The molecule has 7 heteroatoms. The smallest absolute Gasteiger partial charge is 0.306 e. The molecule has 0 radical (unpaired) electrons. The molecule has 0 fully saturated rings. The first kappa shape index (κ1) is 15.2. The Hall–Kier alpha value is -3.06. The zero-order valence-corrected chi connectivity index (χ0v) is 14.5. The van der Waals surface area contributed by atoms with E-state index < -0.39 is 10.0 Å². The highest BCUT2D eigenvalue weighted by Crippen LogP contribution is 2.35. The van der Waals surface area contributed by atoms with Crippen LogP contribution in [0.4, 0.5) is 5.69 Å². The number of hydrogen-bond acceptors (Lipinski definition) is 3. The molecule has 0 aliphatic heterocycles. The van der Waals surface area contributed by atoms with Crippen LogP contribution < -0.4 is 10.4 Å². The summed E-state index contributed by atoms with van der Waals surface area (Å²) in [6, 6.07) is 14.3. The highest BCUT2D eigenvalue weighted by molar-refractivity contribution is 7.92. The molecule has 3 aromatic carbocycles. The maximum absolute atomic E-state index is 12.9. The largest absolute Gasteiger partial charge is 0.323 e. The summed E-state index contributed by atoms with van der Waals surface area (Å²) < 4.78 is 28.4. The van der Waals surface area contributed by atoms with Gasteiger partial charge in [-0.15, -0.1) is 0 Å². The molecule has 1 aliphatic rings. The van der Waals surface area contributed by atoms with Crippen LogP contribution in [0.1, 0.15) is 11.1 Å². The Labute approximate surface area is 148 Å². The Kier molecular flexibility index (Phi) is 3.05. The molecule has 6 nitrogen and oxygen atoms in total. The van der Waals surface area contributed by atoms with Gasteiger partial charge in [0.2, 0.25) is 0 Å². The van der Waals surface area contributed by atoms with Crippen molar-refractivity contribution in [1.29, 1.82) is 0 Å². The molecule has 3 N–H and O–H groups in total. The van der Waals surface area contributed by atoms with Crippen molar-refractivity contribution < 1.29 is 8.42 Å². The van der Waals surface area contributed by atoms with Gasteiger partial charge in [-0.25, -0.2) is 13.2 Å². The van der Waals surface area contributed by atoms with Gasteiger partial charge in [0.1, 0.15) is 0 Å². The summed E-state index contributed by atoms with van der Waals surface area (Å²) in [7, 11) is -3.78. The zero-order chi connectivity index (χ0) is 17.9. The van der Waals surface area contributed by atoms with Crippen LogP contribution in [0.15, 0.2) is 58.2 Å². The summed E-state index contributed by atoms with van der Waals surface area (Å²) in [5.41, 5.74) is 3.73. The Morgan fingerprint density at radius 2 is 1.65 bits per heavy atom. The molecule has 0 atom stereocenters. The maximum atomic E-state index is 12.9. The van der Waals surface area contributed by atoms with Crippen molar-refractivity contribution in [3.63, 3.8) is 0 Å². The van der Waals surface area contributed by atoms with E-state index in [2.05, 4.69) is 20.8 Å². The minimum atomic E-state index is -3.78. The fourth-order valence-corrected chi connectivity index (χ4v) is 4.82. The lowest BCUT2D eigenvalue weighted by Gasteiger charge is -2.12. The van der Waals surface area contributed by atoms with Crippen molar-refractivity contribution in [1.82, 2.24) is 9.97 Å². The summed E-state index contributed by atoms with van der Waals surface area (Å²) in [6.07, 6.45) is 1.97. The fourth-order valence-electron chi connectivity index (χ4n) is 3.72. The number of aromatic nitrogens is 2. The zero-order valence-electron chi connectivity index (χ0n) is 13.7. The molecule has 1 heterocycles. The van der Waals surface area contributed by atoms with Crippen LogP contribution >= 0.6 is 0 Å². The lowest BCUT2D eigenvalue weighted by Crippen LogP contribution is -2.13. The van der Waals surface area contributed by atoms with Crippen molar-refractivity contribution in [2.75, 3.05) is 4.72 Å². The Morgan fingerprint density at radius 3 is 2.50 bits per heavy atom. The van der Waals surface area contributed by atoms with Gasteiger partial charge in [-0.3, -0.25) is 4.72 Å². The van der Waals surface area contributed by atoms with E-state index in [1.54, 1.807) is 6.07 Å². The van der Waals surface area contributed by atoms with Gasteiger partial charge in [-0.1, -0.05) is 24.3 Å². The van der Waals surface area contributed by atoms with Crippen molar-refractivity contribution >= 4 is 37.5 Å². The Balaban J connectivity index is 1.62. The molecule has 5 rings (SSSR count). The lowest BCUT2D eigenvalue weighted by atomic mass is 10.0. The Bertz CT molecular complexity index is 1340. The second kappa shape index (κ2) is 5.22. The second-order valence-corrected chi connectivity index (χ2v) is 8.19. The second-order valence-electron chi connectivity index (χ2n) is 6.50. The van der Waals surface area contributed by atoms with Crippen molar-refractivity contribution in [3.8, 4) is 0 Å². The number of fused-ring (bicyclic) bond motifs is 1. The third-order valence-electron chi connectivity index (χ3n) is 4.92. The predicted molar refractivity (Wildman–Crippen MR) is 101 cm³/mol. The van der Waals surface area contributed by atoms with E-state index in [1.807, 2.05) is 24.3 Å². The van der Waals surface area contributed by atoms with E-state index >= 15 is 0 Å². The number of rotatable bonds is 3. The minimum Gasteiger partial charge on any atom is -0.306 e. The van der Waals surface area contributed by atoms with Crippen LogP contribution in [0.2, 0.25) is 0 Å². The van der Waals surface area contributed by atoms with Crippen molar-refractivity contribution in [2.45, 2.75) is 17.7 Å². The molecule has 130 valence electrons. The van der Waals surface area contributed by atoms with E-state index in [1.165, 1.54) is 23.3 Å². The quantitative estimate of drug-likeness (QED) is 0.521. The molecule has 1 aromatic heterocycles. The highest BCUT2D eigenvalue weighted by atomic mass is 32.2. The van der Waals surface area contributed by atoms with E-state index in [4.69, 9.17) is 0 Å². The number of aromatic amines is 2. The number of aryl methyl sites for hydroxylation is 2. The summed E-state index contributed by atoms with van der Waals surface area (Å²) in [5, 5.41) is 2.07. The van der Waals surface area contributed by atoms with Crippen LogP contribution in [0.25, 0.3) is 21.8 Å². The van der Waals surface area contributed by atoms with Crippen LogP contribution in [0.5, 0.6) is 0 Å². The van der Waals surface area contributed by atoms with Crippen LogP contribution in [-0.2, 0) is 22.9 Å². The number of sulfonamides is 1. The lowest BCUT2D eigenvalue weighted by molar-refractivity contribution is 0.601. The average Bonchev–Trinajstić information content (AvgIpc) is 3.20. The van der Waals surface area contributed by atoms with Crippen LogP contribution in [0, 0.1) is 0 Å². The van der Waals surface area contributed by atoms with Crippen molar-refractivity contribution in [2.24, 2.45) is 0 Å². The third-order valence-corrected chi connectivity index (χ3v) is 6.28. The number of benzene rings is 3. The van der Waals surface area contributed by atoms with E-state index in [0.717, 1.165) is 23.6 Å². The predicted octanol–water partition coefficient (Wildman–Crippen LogP) is 2.91. The van der Waals surface area contributed by atoms with Gasteiger partial charge in [0.15, 0.2) is 0 Å². The topological polar surface area (TPSA) is 94.8 Å². The Morgan fingerprint density at radius 1 is 0.885 bits per heavy atom. The molecule has 0 amide bonds. The first-order valence-electron chi connectivity index (χ1n) is 8.30. The molecule has 0 unspecified atom stereocenters. The first-order valence-corrected chi connectivity index (χ1v) is 9.78. The monoisotopic (exact) mass is 365 g/mol. The molecule has 0 saturated heterocycles. The van der Waals surface area contributed by atoms with Gasteiger partial charge >= 0.3 is 5.69 Å².